The van der Waals surface area contributed by atoms with Gasteiger partial charge in [0.25, 0.3) is 0 Å². The lowest BCUT2D eigenvalue weighted by atomic mass is 10.1. The van der Waals surface area contributed by atoms with Crippen LogP contribution in [-0.4, -0.2) is 5.78 Å². The molecule has 0 spiro atoms. The van der Waals surface area contributed by atoms with Crippen molar-refractivity contribution in [1.82, 2.24) is 0 Å². The topological polar surface area (TPSA) is 17.1 Å². The Kier molecular flexibility index (Phi) is 1.93. The molecule has 0 unspecified atom stereocenters. The van der Waals surface area contributed by atoms with Gasteiger partial charge < -0.3 is 0 Å². The minimum atomic E-state index is 0.150. The second-order valence-electron chi connectivity index (χ2n) is 3.16. The highest BCUT2D eigenvalue weighted by molar-refractivity contribution is 7.17. The highest BCUT2D eigenvalue weighted by Gasteiger charge is 2.08. The predicted molar refractivity (Wildman–Crippen MR) is 56.6 cm³/mol. The third kappa shape index (κ3) is 1.27. The smallest absolute Gasteiger partial charge is 0.161 e. The van der Waals surface area contributed by atoms with E-state index in [4.69, 9.17) is 0 Å². The number of rotatable bonds is 1. The third-order valence-corrected chi connectivity index (χ3v) is 3.31. The number of hydrogen-bond acceptors (Lipinski definition) is 2. The van der Waals surface area contributed by atoms with E-state index in [0.717, 1.165) is 10.9 Å². The Hall–Kier alpha value is -1.15. The van der Waals surface area contributed by atoms with Gasteiger partial charge in [0.2, 0.25) is 0 Å². The monoisotopic (exact) mass is 190 g/mol. The van der Waals surface area contributed by atoms with Crippen molar-refractivity contribution in [3.8, 4) is 0 Å². The van der Waals surface area contributed by atoms with Gasteiger partial charge in [0.15, 0.2) is 5.78 Å². The summed E-state index contributed by atoms with van der Waals surface area (Å²) in [5.41, 5.74) is 2.10. The largest absolute Gasteiger partial charge is 0.294 e. The van der Waals surface area contributed by atoms with Crippen LogP contribution in [0.15, 0.2) is 23.6 Å². The zero-order valence-corrected chi connectivity index (χ0v) is 8.44. The van der Waals surface area contributed by atoms with E-state index in [0.29, 0.717) is 0 Å². The maximum atomic E-state index is 11.2. The van der Waals surface area contributed by atoms with Gasteiger partial charge in [0.1, 0.15) is 0 Å². The molecule has 2 rings (SSSR count). The Bertz CT molecular complexity index is 468. The van der Waals surface area contributed by atoms with Crippen LogP contribution in [0, 0.1) is 6.92 Å². The molecule has 0 N–H and O–H groups in total. The summed E-state index contributed by atoms with van der Waals surface area (Å²) < 4.78 is 1.23. The van der Waals surface area contributed by atoms with Crippen LogP contribution in [0.25, 0.3) is 10.1 Å². The van der Waals surface area contributed by atoms with Gasteiger partial charge in [-0.15, -0.1) is 11.3 Å². The lowest BCUT2D eigenvalue weighted by molar-refractivity contribution is 0.101. The molecule has 0 radical (unpaired) electrons. The van der Waals surface area contributed by atoms with Crippen LogP contribution < -0.4 is 0 Å². The highest BCUT2D eigenvalue weighted by atomic mass is 32.1. The Morgan fingerprint density at radius 2 is 2.15 bits per heavy atom. The fraction of sp³-hybridized carbons (Fsp3) is 0.182. The van der Waals surface area contributed by atoms with E-state index in [2.05, 4.69) is 13.0 Å². The Morgan fingerprint density at radius 3 is 2.85 bits per heavy atom. The summed E-state index contributed by atoms with van der Waals surface area (Å²) in [4.78, 5) is 11.2. The molecule has 1 nitrogen and oxygen atoms in total. The van der Waals surface area contributed by atoms with Crippen LogP contribution in [0.2, 0.25) is 0 Å². The number of carbonyl (C=O) groups excluding carboxylic acids is 1. The molecule has 0 aliphatic heterocycles. The molecule has 66 valence electrons. The Balaban J connectivity index is 2.83. The Labute approximate surface area is 81.0 Å². The van der Waals surface area contributed by atoms with Crippen molar-refractivity contribution in [1.29, 1.82) is 0 Å². The normalized spacial score (nSPS) is 10.6. The van der Waals surface area contributed by atoms with Crippen LogP contribution >= 0.6 is 11.3 Å². The fourth-order valence-electron chi connectivity index (χ4n) is 1.47. The van der Waals surface area contributed by atoms with Crippen LogP contribution in [0.1, 0.15) is 22.8 Å². The van der Waals surface area contributed by atoms with Gasteiger partial charge in [-0.25, -0.2) is 0 Å². The first kappa shape index (κ1) is 8.45. The molecule has 2 heteroatoms. The minimum absolute atomic E-state index is 0.150. The molecule has 0 bridgehead atoms. The van der Waals surface area contributed by atoms with Crippen LogP contribution in [0.5, 0.6) is 0 Å². The molecule has 1 aromatic heterocycles. The summed E-state index contributed by atoms with van der Waals surface area (Å²) in [5.74, 6) is 0.150. The first-order chi connectivity index (χ1) is 6.20. The van der Waals surface area contributed by atoms with E-state index in [1.54, 1.807) is 18.3 Å². The number of aryl methyl sites for hydroxylation is 1. The minimum Gasteiger partial charge on any atom is -0.294 e. The van der Waals surface area contributed by atoms with Crippen molar-refractivity contribution in [3.63, 3.8) is 0 Å². The zero-order valence-electron chi connectivity index (χ0n) is 7.63. The molecule has 0 saturated carbocycles. The van der Waals surface area contributed by atoms with Crippen LogP contribution in [0.4, 0.5) is 0 Å². The molecule has 2 aromatic rings. The van der Waals surface area contributed by atoms with E-state index >= 15 is 0 Å². The number of fused-ring (bicyclic) bond motifs is 1. The third-order valence-electron chi connectivity index (χ3n) is 2.18. The predicted octanol–water partition coefficient (Wildman–Crippen LogP) is 3.41. The van der Waals surface area contributed by atoms with E-state index in [1.165, 1.54) is 10.3 Å². The van der Waals surface area contributed by atoms with Crippen molar-refractivity contribution in [2.75, 3.05) is 0 Å². The second kappa shape index (κ2) is 2.96. The summed E-state index contributed by atoms with van der Waals surface area (Å²) in [6.45, 7) is 3.69. The average molecular weight is 190 g/mol. The molecular formula is C11H10OS. The first-order valence-electron chi connectivity index (χ1n) is 4.18. The quantitative estimate of drug-likeness (QED) is 0.630. The fourth-order valence-corrected chi connectivity index (χ4v) is 2.56. The van der Waals surface area contributed by atoms with Crippen molar-refractivity contribution in [2.45, 2.75) is 13.8 Å². The van der Waals surface area contributed by atoms with E-state index in [-0.39, 0.29) is 5.78 Å². The van der Waals surface area contributed by atoms with Crippen LogP contribution in [0.3, 0.4) is 0 Å². The summed E-state index contributed by atoms with van der Waals surface area (Å²) in [6.07, 6.45) is 0. The summed E-state index contributed by atoms with van der Waals surface area (Å²) >= 11 is 1.65. The maximum absolute atomic E-state index is 11.2. The second-order valence-corrected chi connectivity index (χ2v) is 4.04. The van der Waals surface area contributed by atoms with Gasteiger partial charge in [-0.3, -0.25) is 4.79 Å². The number of benzene rings is 1. The van der Waals surface area contributed by atoms with Gasteiger partial charge in [-0.1, -0.05) is 18.2 Å². The number of hydrogen-bond donors (Lipinski definition) is 0. The summed E-state index contributed by atoms with van der Waals surface area (Å²) in [7, 11) is 0. The maximum Gasteiger partial charge on any atom is 0.161 e. The Morgan fingerprint density at radius 1 is 1.38 bits per heavy atom. The van der Waals surface area contributed by atoms with Gasteiger partial charge >= 0.3 is 0 Å². The van der Waals surface area contributed by atoms with E-state index in [1.807, 2.05) is 17.5 Å². The summed E-state index contributed by atoms with van der Waals surface area (Å²) in [5, 5.41) is 3.04. The molecule has 0 aliphatic carbocycles. The molecule has 0 amide bonds. The van der Waals surface area contributed by atoms with Crippen LogP contribution in [-0.2, 0) is 0 Å². The molecule has 0 saturated heterocycles. The van der Waals surface area contributed by atoms with Crippen molar-refractivity contribution >= 4 is 27.2 Å². The summed E-state index contributed by atoms with van der Waals surface area (Å²) in [6, 6.07) is 6.08. The molecule has 0 fully saturated rings. The molecule has 0 atom stereocenters. The number of ketones is 1. The first-order valence-corrected chi connectivity index (χ1v) is 5.06. The lowest BCUT2D eigenvalue weighted by Crippen LogP contribution is -1.88. The highest BCUT2D eigenvalue weighted by Crippen LogP contribution is 2.28. The van der Waals surface area contributed by atoms with Crippen molar-refractivity contribution in [3.05, 3.63) is 34.7 Å². The molecular weight excluding hydrogens is 180 g/mol. The number of thiophene rings is 1. The standard InChI is InChI=1S/C11H10OS/c1-7-4-3-5-9-10(8(2)12)6-13-11(7)9/h3-6H,1-2H3. The zero-order chi connectivity index (χ0) is 9.42. The lowest BCUT2D eigenvalue weighted by Gasteiger charge is -1.95. The molecule has 1 aromatic carbocycles. The van der Waals surface area contributed by atoms with Crippen molar-refractivity contribution in [2.24, 2.45) is 0 Å². The van der Waals surface area contributed by atoms with Gasteiger partial charge in [-0.2, -0.15) is 0 Å². The van der Waals surface area contributed by atoms with E-state index < -0.39 is 0 Å². The van der Waals surface area contributed by atoms with Gasteiger partial charge in [0, 0.05) is 21.0 Å². The SMILES string of the molecule is CC(=O)c1csc2c(C)cccc12. The van der Waals surface area contributed by atoms with Gasteiger partial charge in [-0.05, 0) is 19.4 Å². The number of carbonyl (C=O) groups is 1. The van der Waals surface area contributed by atoms with Gasteiger partial charge in [0.05, 0.1) is 0 Å². The molecule has 0 aliphatic rings. The van der Waals surface area contributed by atoms with Crippen molar-refractivity contribution < 1.29 is 4.79 Å². The number of Topliss-reactive ketones (excluding diaryl/α,β-unsaturated/α-hetero) is 1. The van der Waals surface area contributed by atoms with E-state index in [9.17, 15) is 4.79 Å². The molecule has 1 heterocycles. The average Bonchev–Trinajstić information content (AvgIpc) is 2.48. The molecule has 13 heavy (non-hydrogen) atoms.